The number of fused-ring (bicyclic) bond motifs is 2. The summed E-state index contributed by atoms with van der Waals surface area (Å²) in [6.45, 7) is 0.708. The van der Waals surface area contributed by atoms with Crippen molar-refractivity contribution in [3.8, 4) is 0 Å². The Hall–Kier alpha value is -3.22. The number of imidazole rings is 2. The molecule has 1 amide bonds. The first-order chi connectivity index (χ1) is 12.8. The third-order valence-electron chi connectivity index (χ3n) is 4.79. The molecule has 0 unspecified atom stereocenters. The van der Waals surface area contributed by atoms with Crippen molar-refractivity contribution in [3.63, 3.8) is 0 Å². The van der Waals surface area contributed by atoms with E-state index in [1.165, 1.54) is 0 Å². The van der Waals surface area contributed by atoms with Gasteiger partial charge in [0.05, 0.1) is 35.7 Å². The molecule has 0 spiro atoms. The standard InChI is InChI=1S/C19H18N6O/c26-18(22-10-14-9-21-17-11-20-7-8-24(14)17)12-25-16-4-2-1-3-15(16)23-19(25)13-5-6-13/h1-4,7-9,11,13H,5-6,10,12H2,(H,22,26). The second-order valence-electron chi connectivity index (χ2n) is 6.65. The number of carbonyl (C=O) groups excluding carboxylic acids is 1. The number of nitrogens with one attached hydrogen (secondary N) is 1. The zero-order valence-corrected chi connectivity index (χ0v) is 14.2. The van der Waals surface area contributed by atoms with E-state index < -0.39 is 0 Å². The SMILES string of the molecule is O=C(Cn1c(C2CC2)nc2ccccc21)NCc1cnc2cnccn12. The number of hydrogen-bond acceptors (Lipinski definition) is 4. The van der Waals surface area contributed by atoms with E-state index in [1.54, 1.807) is 18.6 Å². The topological polar surface area (TPSA) is 77.1 Å². The largest absolute Gasteiger partial charge is 0.349 e. The van der Waals surface area contributed by atoms with Gasteiger partial charge in [0.1, 0.15) is 12.4 Å². The van der Waals surface area contributed by atoms with E-state index in [0.717, 1.165) is 41.0 Å². The monoisotopic (exact) mass is 346 g/mol. The van der Waals surface area contributed by atoms with Crippen LogP contribution >= 0.6 is 0 Å². The van der Waals surface area contributed by atoms with Gasteiger partial charge in [-0.15, -0.1) is 0 Å². The first-order valence-electron chi connectivity index (χ1n) is 8.77. The van der Waals surface area contributed by atoms with Gasteiger partial charge in [0, 0.05) is 18.3 Å². The normalized spacial score (nSPS) is 14.2. The molecule has 4 aromatic rings. The van der Waals surface area contributed by atoms with E-state index >= 15 is 0 Å². The number of nitrogens with zero attached hydrogens (tertiary/aromatic N) is 5. The summed E-state index contributed by atoms with van der Waals surface area (Å²) >= 11 is 0. The van der Waals surface area contributed by atoms with Gasteiger partial charge in [0.15, 0.2) is 5.65 Å². The Morgan fingerprint density at radius 2 is 2.12 bits per heavy atom. The molecule has 1 aromatic carbocycles. The molecule has 7 heteroatoms. The van der Waals surface area contributed by atoms with Crippen LogP contribution in [0.1, 0.15) is 30.3 Å². The van der Waals surface area contributed by atoms with E-state index in [-0.39, 0.29) is 12.5 Å². The predicted octanol–water partition coefficient (Wildman–Crippen LogP) is 2.27. The predicted molar refractivity (Wildman–Crippen MR) is 96.5 cm³/mol. The number of hydrogen-bond donors (Lipinski definition) is 1. The lowest BCUT2D eigenvalue weighted by atomic mass is 10.3. The van der Waals surface area contributed by atoms with E-state index in [1.807, 2.05) is 34.9 Å². The number of rotatable bonds is 5. The summed E-state index contributed by atoms with van der Waals surface area (Å²) in [5.41, 5.74) is 3.67. The van der Waals surface area contributed by atoms with Gasteiger partial charge in [-0.1, -0.05) is 12.1 Å². The molecule has 3 heterocycles. The van der Waals surface area contributed by atoms with Crippen LogP contribution in [-0.2, 0) is 17.9 Å². The second kappa shape index (κ2) is 5.94. The van der Waals surface area contributed by atoms with Crippen molar-refractivity contribution < 1.29 is 4.79 Å². The highest BCUT2D eigenvalue weighted by Crippen LogP contribution is 2.40. The molecular weight excluding hydrogens is 328 g/mol. The third kappa shape index (κ3) is 2.61. The molecule has 0 saturated heterocycles. The van der Waals surface area contributed by atoms with Gasteiger partial charge in [-0.25, -0.2) is 9.97 Å². The summed E-state index contributed by atoms with van der Waals surface area (Å²) in [4.78, 5) is 25.7. The maximum atomic E-state index is 12.6. The molecule has 130 valence electrons. The fourth-order valence-corrected chi connectivity index (χ4v) is 3.33. The third-order valence-corrected chi connectivity index (χ3v) is 4.79. The Morgan fingerprint density at radius 3 is 3.00 bits per heavy atom. The Labute approximate surface area is 149 Å². The van der Waals surface area contributed by atoms with Crippen LogP contribution in [-0.4, -0.2) is 29.8 Å². The quantitative estimate of drug-likeness (QED) is 0.601. The van der Waals surface area contributed by atoms with Crippen LogP contribution in [0.25, 0.3) is 16.7 Å². The van der Waals surface area contributed by atoms with Crippen LogP contribution < -0.4 is 5.32 Å². The van der Waals surface area contributed by atoms with Gasteiger partial charge >= 0.3 is 0 Å². The van der Waals surface area contributed by atoms with Crippen molar-refractivity contribution in [2.24, 2.45) is 0 Å². The molecule has 1 saturated carbocycles. The van der Waals surface area contributed by atoms with Crippen LogP contribution in [0.3, 0.4) is 0 Å². The van der Waals surface area contributed by atoms with Crippen LogP contribution in [0.4, 0.5) is 0 Å². The van der Waals surface area contributed by atoms with E-state index in [9.17, 15) is 4.79 Å². The average molecular weight is 346 g/mol. The molecule has 1 N–H and O–H groups in total. The van der Waals surface area contributed by atoms with Gasteiger partial charge in [0.25, 0.3) is 0 Å². The molecule has 0 atom stereocenters. The summed E-state index contributed by atoms with van der Waals surface area (Å²) in [6.07, 6.45) is 9.32. The molecule has 7 nitrogen and oxygen atoms in total. The van der Waals surface area contributed by atoms with Gasteiger partial charge in [0.2, 0.25) is 5.91 Å². The molecule has 1 aliphatic carbocycles. The smallest absolute Gasteiger partial charge is 0.240 e. The summed E-state index contributed by atoms with van der Waals surface area (Å²) in [5, 5.41) is 3.00. The lowest BCUT2D eigenvalue weighted by Gasteiger charge is -2.09. The minimum Gasteiger partial charge on any atom is -0.349 e. The lowest BCUT2D eigenvalue weighted by Crippen LogP contribution is -2.28. The zero-order chi connectivity index (χ0) is 17.5. The second-order valence-corrected chi connectivity index (χ2v) is 6.65. The van der Waals surface area contributed by atoms with Crippen molar-refractivity contribution in [1.29, 1.82) is 0 Å². The van der Waals surface area contributed by atoms with Gasteiger partial charge in [-0.3, -0.25) is 14.2 Å². The highest BCUT2D eigenvalue weighted by atomic mass is 16.1. The number of benzene rings is 1. The van der Waals surface area contributed by atoms with E-state index in [0.29, 0.717) is 12.5 Å². The van der Waals surface area contributed by atoms with Gasteiger partial charge in [-0.05, 0) is 25.0 Å². The molecule has 0 aliphatic heterocycles. The minimum absolute atomic E-state index is 0.0286. The first kappa shape index (κ1) is 15.1. The summed E-state index contributed by atoms with van der Waals surface area (Å²) in [6, 6.07) is 8.00. The zero-order valence-electron chi connectivity index (χ0n) is 14.2. The molecule has 1 fully saturated rings. The fourth-order valence-electron chi connectivity index (χ4n) is 3.33. The number of para-hydroxylation sites is 2. The van der Waals surface area contributed by atoms with E-state index in [2.05, 4.69) is 19.9 Å². The van der Waals surface area contributed by atoms with Crippen molar-refractivity contribution in [1.82, 2.24) is 29.2 Å². The Kier molecular flexibility index (Phi) is 3.44. The summed E-state index contributed by atoms with van der Waals surface area (Å²) < 4.78 is 3.98. The average Bonchev–Trinajstić information content (AvgIpc) is 3.34. The Bertz CT molecular complexity index is 1110. The number of aromatic nitrogens is 5. The highest BCUT2D eigenvalue weighted by Gasteiger charge is 2.30. The number of amides is 1. The van der Waals surface area contributed by atoms with Crippen LogP contribution in [0.15, 0.2) is 49.1 Å². The van der Waals surface area contributed by atoms with E-state index in [4.69, 9.17) is 4.98 Å². The molecule has 3 aromatic heterocycles. The summed E-state index contributed by atoms with van der Waals surface area (Å²) in [7, 11) is 0. The van der Waals surface area contributed by atoms with Crippen LogP contribution in [0.5, 0.6) is 0 Å². The minimum atomic E-state index is -0.0286. The Morgan fingerprint density at radius 1 is 1.23 bits per heavy atom. The van der Waals surface area contributed by atoms with Crippen molar-refractivity contribution >= 4 is 22.6 Å². The molecule has 0 bridgehead atoms. The maximum Gasteiger partial charge on any atom is 0.240 e. The molecule has 0 radical (unpaired) electrons. The van der Waals surface area contributed by atoms with Crippen molar-refractivity contribution in [3.05, 3.63) is 60.6 Å². The molecular formula is C19H18N6O. The van der Waals surface area contributed by atoms with Crippen molar-refractivity contribution in [2.75, 3.05) is 0 Å². The van der Waals surface area contributed by atoms with Gasteiger partial charge < -0.3 is 9.88 Å². The first-order valence-corrected chi connectivity index (χ1v) is 8.77. The highest BCUT2D eigenvalue weighted by molar-refractivity contribution is 5.81. The van der Waals surface area contributed by atoms with Crippen LogP contribution in [0.2, 0.25) is 0 Å². The maximum absolute atomic E-state index is 12.6. The molecule has 5 rings (SSSR count). The number of carbonyl (C=O) groups is 1. The lowest BCUT2D eigenvalue weighted by molar-refractivity contribution is -0.121. The summed E-state index contributed by atoms with van der Waals surface area (Å²) in [5.74, 6) is 1.49. The van der Waals surface area contributed by atoms with Crippen LogP contribution in [0, 0.1) is 0 Å². The molecule has 26 heavy (non-hydrogen) atoms. The van der Waals surface area contributed by atoms with Gasteiger partial charge in [-0.2, -0.15) is 0 Å². The fraction of sp³-hybridized carbons (Fsp3) is 0.263. The van der Waals surface area contributed by atoms with Crippen molar-refractivity contribution in [2.45, 2.75) is 31.8 Å². The Balaban J connectivity index is 1.36. The molecule has 1 aliphatic rings.